The summed E-state index contributed by atoms with van der Waals surface area (Å²) in [4.78, 5) is 2.54. The van der Waals surface area contributed by atoms with Gasteiger partial charge in [-0.1, -0.05) is 48.0 Å². The molecule has 3 heteroatoms. The lowest BCUT2D eigenvalue weighted by atomic mass is 9.92. The fourth-order valence-corrected chi connectivity index (χ4v) is 4.03. The molecule has 2 heterocycles. The Morgan fingerprint density at radius 3 is 2.92 bits per heavy atom. The summed E-state index contributed by atoms with van der Waals surface area (Å²) in [6.45, 7) is 7.11. The highest BCUT2D eigenvalue weighted by Crippen LogP contribution is 2.33. The van der Waals surface area contributed by atoms with Gasteiger partial charge in [-0.3, -0.25) is 4.90 Å². The van der Waals surface area contributed by atoms with Gasteiger partial charge in [0.05, 0.1) is 0 Å². The summed E-state index contributed by atoms with van der Waals surface area (Å²) < 4.78 is 6.60. The van der Waals surface area contributed by atoms with Crippen LogP contribution in [0.2, 0.25) is 0 Å². The molecule has 1 saturated heterocycles. The van der Waals surface area contributed by atoms with Crippen LogP contribution < -0.4 is 10.1 Å². The molecule has 4 rings (SSSR count). The van der Waals surface area contributed by atoms with Crippen molar-refractivity contribution in [2.45, 2.75) is 38.5 Å². The van der Waals surface area contributed by atoms with E-state index in [0.29, 0.717) is 0 Å². The maximum absolute atomic E-state index is 6.60. The van der Waals surface area contributed by atoms with Crippen LogP contribution in [0.1, 0.15) is 29.5 Å². The van der Waals surface area contributed by atoms with Crippen molar-refractivity contribution < 1.29 is 4.74 Å². The number of nitrogens with zero attached hydrogens (tertiary/aromatic N) is 1. The summed E-state index contributed by atoms with van der Waals surface area (Å²) in [5.74, 6) is 1.06. The van der Waals surface area contributed by atoms with Crippen LogP contribution in [-0.4, -0.2) is 30.1 Å². The Hall–Kier alpha value is -1.84. The molecule has 0 aliphatic carbocycles. The summed E-state index contributed by atoms with van der Waals surface area (Å²) in [6.07, 6.45) is 2.31. The number of aryl methyl sites for hydroxylation is 1. The van der Waals surface area contributed by atoms with Crippen molar-refractivity contribution in [3.05, 3.63) is 65.2 Å². The molecule has 0 unspecified atom stereocenters. The normalized spacial score (nSPS) is 24.2. The SMILES string of the molecule is Cc1ccc2c(c1)CNC[C@@]1(CCCN(Cc3ccccc3)C1)O2. The summed E-state index contributed by atoms with van der Waals surface area (Å²) in [5.41, 5.74) is 3.86. The van der Waals surface area contributed by atoms with E-state index in [1.807, 2.05) is 0 Å². The van der Waals surface area contributed by atoms with Crippen LogP contribution in [0.4, 0.5) is 0 Å². The van der Waals surface area contributed by atoms with E-state index in [1.165, 1.54) is 23.1 Å². The van der Waals surface area contributed by atoms with Crippen molar-refractivity contribution in [1.29, 1.82) is 0 Å². The quantitative estimate of drug-likeness (QED) is 0.916. The fourth-order valence-electron chi connectivity index (χ4n) is 4.03. The van der Waals surface area contributed by atoms with Gasteiger partial charge in [-0.25, -0.2) is 0 Å². The standard InChI is InChI=1S/C21H26N2O/c1-17-8-9-20-19(12-17)13-22-15-21(24-20)10-5-11-23(16-21)14-18-6-3-2-4-7-18/h2-4,6-9,12,22H,5,10-11,13-16H2,1H3/t21-/m1/s1. The first kappa shape index (κ1) is 15.7. The number of hydrogen-bond acceptors (Lipinski definition) is 3. The van der Waals surface area contributed by atoms with Gasteiger partial charge >= 0.3 is 0 Å². The average Bonchev–Trinajstić information content (AvgIpc) is 2.74. The third-order valence-electron chi connectivity index (χ3n) is 5.17. The van der Waals surface area contributed by atoms with Crippen molar-refractivity contribution in [3.63, 3.8) is 0 Å². The van der Waals surface area contributed by atoms with Gasteiger partial charge in [0.15, 0.2) is 0 Å². The lowest BCUT2D eigenvalue weighted by molar-refractivity contribution is -0.00731. The minimum absolute atomic E-state index is 0.104. The largest absolute Gasteiger partial charge is 0.484 e. The van der Waals surface area contributed by atoms with E-state index in [4.69, 9.17) is 4.74 Å². The zero-order valence-electron chi connectivity index (χ0n) is 14.4. The first-order valence-electron chi connectivity index (χ1n) is 8.98. The van der Waals surface area contributed by atoms with Gasteiger partial charge in [-0.05, 0) is 37.9 Å². The molecule has 24 heavy (non-hydrogen) atoms. The molecule has 1 atom stereocenters. The van der Waals surface area contributed by atoms with Crippen molar-refractivity contribution in [2.24, 2.45) is 0 Å². The number of fused-ring (bicyclic) bond motifs is 1. The van der Waals surface area contributed by atoms with Crippen LogP contribution in [0, 0.1) is 6.92 Å². The van der Waals surface area contributed by atoms with E-state index in [2.05, 4.69) is 65.7 Å². The molecule has 0 amide bonds. The van der Waals surface area contributed by atoms with Crippen LogP contribution in [0.15, 0.2) is 48.5 Å². The maximum atomic E-state index is 6.60. The zero-order valence-corrected chi connectivity index (χ0v) is 14.4. The first-order valence-corrected chi connectivity index (χ1v) is 8.98. The minimum atomic E-state index is -0.104. The van der Waals surface area contributed by atoms with Gasteiger partial charge < -0.3 is 10.1 Å². The molecular weight excluding hydrogens is 296 g/mol. The molecule has 2 aromatic rings. The van der Waals surface area contributed by atoms with E-state index in [1.54, 1.807) is 0 Å². The summed E-state index contributed by atoms with van der Waals surface area (Å²) in [6, 6.07) is 17.3. The highest BCUT2D eigenvalue weighted by Gasteiger charge is 2.39. The van der Waals surface area contributed by atoms with Crippen molar-refractivity contribution in [3.8, 4) is 5.75 Å². The maximum Gasteiger partial charge on any atom is 0.134 e. The Bertz CT molecular complexity index is 700. The third kappa shape index (κ3) is 3.33. The summed E-state index contributed by atoms with van der Waals surface area (Å²) >= 11 is 0. The van der Waals surface area contributed by atoms with Crippen molar-refractivity contribution in [1.82, 2.24) is 10.2 Å². The van der Waals surface area contributed by atoms with Crippen LogP contribution in [0.5, 0.6) is 5.75 Å². The Morgan fingerprint density at radius 1 is 1.17 bits per heavy atom. The molecule has 2 aromatic carbocycles. The molecule has 0 saturated carbocycles. The smallest absolute Gasteiger partial charge is 0.134 e. The van der Waals surface area contributed by atoms with Crippen LogP contribution in [0.3, 0.4) is 0 Å². The van der Waals surface area contributed by atoms with Gasteiger partial charge in [0, 0.05) is 31.7 Å². The topological polar surface area (TPSA) is 24.5 Å². The molecule has 0 bridgehead atoms. The molecule has 2 aliphatic rings. The van der Waals surface area contributed by atoms with Gasteiger partial charge in [-0.2, -0.15) is 0 Å². The molecule has 126 valence electrons. The lowest BCUT2D eigenvalue weighted by Gasteiger charge is -2.42. The highest BCUT2D eigenvalue weighted by atomic mass is 16.5. The monoisotopic (exact) mass is 322 g/mol. The van der Waals surface area contributed by atoms with Gasteiger partial charge in [0.1, 0.15) is 11.4 Å². The number of benzene rings is 2. The third-order valence-corrected chi connectivity index (χ3v) is 5.17. The summed E-state index contributed by atoms with van der Waals surface area (Å²) in [5, 5.41) is 3.62. The van der Waals surface area contributed by atoms with Crippen LogP contribution in [-0.2, 0) is 13.1 Å². The molecule has 2 aliphatic heterocycles. The predicted octanol–water partition coefficient (Wildman–Crippen LogP) is 3.51. The van der Waals surface area contributed by atoms with E-state index in [-0.39, 0.29) is 5.60 Å². The van der Waals surface area contributed by atoms with Crippen molar-refractivity contribution >= 4 is 0 Å². The van der Waals surface area contributed by atoms with Gasteiger partial charge in [0.2, 0.25) is 0 Å². The minimum Gasteiger partial charge on any atom is -0.484 e. The van der Waals surface area contributed by atoms with E-state index in [0.717, 1.165) is 44.9 Å². The number of ether oxygens (including phenoxy) is 1. The number of rotatable bonds is 2. The first-order chi connectivity index (χ1) is 11.7. The second-order valence-corrected chi connectivity index (χ2v) is 7.30. The van der Waals surface area contributed by atoms with Gasteiger partial charge in [-0.15, -0.1) is 0 Å². The Balaban J connectivity index is 1.52. The molecule has 1 spiro atoms. The number of hydrogen-bond donors (Lipinski definition) is 1. The van der Waals surface area contributed by atoms with Gasteiger partial charge in [0.25, 0.3) is 0 Å². The molecule has 1 N–H and O–H groups in total. The molecule has 0 radical (unpaired) electrons. The summed E-state index contributed by atoms with van der Waals surface area (Å²) in [7, 11) is 0. The van der Waals surface area contributed by atoms with Crippen molar-refractivity contribution in [2.75, 3.05) is 19.6 Å². The van der Waals surface area contributed by atoms with Crippen LogP contribution in [0.25, 0.3) is 0 Å². The van der Waals surface area contributed by atoms with E-state index in [9.17, 15) is 0 Å². The Labute approximate surface area is 144 Å². The van der Waals surface area contributed by atoms with E-state index < -0.39 is 0 Å². The van der Waals surface area contributed by atoms with E-state index >= 15 is 0 Å². The average molecular weight is 322 g/mol. The second kappa shape index (κ2) is 6.58. The number of nitrogens with one attached hydrogen (secondary N) is 1. The zero-order chi connectivity index (χ0) is 16.4. The lowest BCUT2D eigenvalue weighted by Crippen LogP contribution is -2.55. The second-order valence-electron chi connectivity index (χ2n) is 7.30. The molecular formula is C21H26N2O. The number of likely N-dealkylation sites (tertiary alicyclic amines) is 1. The number of piperidine rings is 1. The molecule has 0 aromatic heterocycles. The molecule has 1 fully saturated rings. The predicted molar refractivity (Wildman–Crippen MR) is 97.2 cm³/mol. The highest BCUT2D eigenvalue weighted by molar-refractivity contribution is 5.38. The fraction of sp³-hybridized carbons (Fsp3) is 0.429. The Morgan fingerprint density at radius 2 is 2.04 bits per heavy atom. The Kier molecular flexibility index (Phi) is 4.30. The van der Waals surface area contributed by atoms with Crippen LogP contribution >= 0.6 is 0 Å². The molecule has 3 nitrogen and oxygen atoms in total.